The summed E-state index contributed by atoms with van der Waals surface area (Å²) in [6.07, 6.45) is -15.2. The van der Waals surface area contributed by atoms with Gasteiger partial charge >= 0.3 is 0 Å². The highest BCUT2D eigenvalue weighted by molar-refractivity contribution is 5.02. The van der Waals surface area contributed by atoms with Gasteiger partial charge in [0.05, 0.1) is 18.2 Å². The molecule has 14 nitrogen and oxygen atoms in total. The van der Waals surface area contributed by atoms with Gasteiger partial charge in [0.2, 0.25) is 0 Å². The third kappa shape index (κ3) is 5.34. The zero-order chi connectivity index (χ0) is 24.8. The summed E-state index contributed by atoms with van der Waals surface area (Å²) in [6, 6.07) is -3.41. The number of nitrogens with two attached hydrogens (primary N) is 4. The van der Waals surface area contributed by atoms with Crippen molar-refractivity contribution in [3.8, 4) is 0 Å². The zero-order valence-electron chi connectivity index (χ0n) is 18.6. The zero-order valence-corrected chi connectivity index (χ0v) is 18.6. The fraction of sp³-hybridized carbons (Fsp3) is 1.00. The predicted octanol–water partition coefficient (Wildman–Crippen LogP) is -5.88. The van der Waals surface area contributed by atoms with E-state index in [1.807, 2.05) is 0 Å². The van der Waals surface area contributed by atoms with Crippen molar-refractivity contribution in [3.05, 3.63) is 0 Å². The molecule has 194 valence electrons. The van der Waals surface area contributed by atoms with Crippen molar-refractivity contribution in [2.45, 2.75) is 118 Å². The molecule has 14 heteroatoms. The van der Waals surface area contributed by atoms with Crippen LogP contribution in [0.4, 0.5) is 0 Å². The van der Waals surface area contributed by atoms with Crippen LogP contribution in [0.15, 0.2) is 0 Å². The molecular weight excluding hydrogens is 444 g/mol. The van der Waals surface area contributed by atoms with Gasteiger partial charge in [-0.15, -0.1) is 0 Å². The van der Waals surface area contributed by atoms with Gasteiger partial charge in [0.25, 0.3) is 0 Å². The molecule has 1 aliphatic carbocycles. The summed E-state index contributed by atoms with van der Waals surface area (Å²) < 4.78 is 22.9. The van der Waals surface area contributed by atoms with E-state index in [1.54, 1.807) is 6.92 Å². The first kappa shape index (κ1) is 27.0. The predicted molar refractivity (Wildman–Crippen MR) is 111 cm³/mol. The van der Waals surface area contributed by atoms with Crippen LogP contribution in [0.3, 0.4) is 0 Å². The lowest BCUT2D eigenvalue weighted by atomic mass is 9.84. The average molecular weight is 483 g/mol. The molecule has 0 spiro atoms. The summed E-state index contributed by atoms with van der Waals surface area (Å²) in [5, 5.41) is 61.6. The standard InChI is InChI=1S/C19H38N4O10/c1-4(20)14-12(28)13(29)19(30-14)33-17-9(25)6(21)3-7(22)16(17)32-18-8(23)10(26)11(27)15(31-18)5(2)24/h4-19,24-29H,3,20-23H2,1-2H3/t4-,5-,6-,7?,8?,9?,10?,11+,12?,13?,14-,15?,16-,17?,18-,19+/m1/s1. The molecule has 16 atom stereocenters. The van der Waals surface area contributed by atoms with Crippen LogP contribution in [0.2, 0.25) is 0 Å². The Balaban J connectivity index is 1.80. The average Bonchev–Trinajstić information content (AvgIpc) is 3.02. The largest absolute Gasteiger partial charge is 0.391 e. The topological polar surface area (TPSA) is 262 Å². The first-order valence-corrected chi connectivity index (χ1v) is 11.1. The molecule has 2 aliphatic heterocycles. The Hall–Kier alpha value is -0.560. The molecule has 33 heavy (non-hydrogen) atoms. The number of aliphatic hydroxyl groups is 6. The molecule has 0 aromatic heterocycles. The second-order valence-electron chi connectivity index (χ2n) is 9.33. The van der Waals surface area contributed by atoms with Crippen LogP contribution in [-0.2, 0) is 18.9 Å². The SMILES string of the molecule is C[C@@H](O)C1O[C@H](O[C@@H]2C(N)C[C@@H](N)C(O)C2O[C@@H]2O[C@H]([C@@H](C)N)C(O)C2O)C(N)C(O)[C@@H]1O. The normalized spacial score (nSPS) is 53.1. The van der Waals surface area contributed by atoms with Crippen LogP contribution in [-0.4, -0.2) is 128 Å². The molecule has 0 aromatic carbocycles. The van der Waals surface area contributed by atoms with Gasteiger partial charge in [-0.05, 0) is 20.3 Å². The third-order valence-corrected chi connectivity index (χ3v) is 6.58. The van der Waals surface area contributed by atoms with Gasteiger partial charge in [0, 0.05) is 18.1 Å². The molecule has 0 amide bonds. The van der Waals surface area contributed by atoms with E-state index < -0.39 is 97.8 Å². The molecule has 1 saturated carbocycles. The fourth-order valence-electron chi connectivity index (χ4n) is 4.57. The van der Waals surface area contributed by atoms with Crippen molar-refractivity contribution in [2.75, 3.05) is 0 Å². The van der Waals surface area contributed by atoms with E-state index in [2.05, 4.69) is 0 Å². The number of rotatable bonds is 6. The molecule has 3 rings (SSSR count). The number of hydrogen-bond donors (Lipinski definition) is 10. The van der Waals surface area contributed by atoms with Gasteiger partial charge in [-0.1, -0.05) is 0 Å². The van der Waals surface area contributed by atoms with Crippen LogP contribution in [0.25, 0.3) is 0 Å². The molecule has 0 aromatic rings. The molecule has 3 aliphatic rings. The Kier molecular flexibility index (Phi) is 8.68. The molecule has 14 N–H and O–H groups in total. The maximum absolute atomic E-state index is 10.7. The summed E-state index contributed by atoms with van der Waals surface area (Å²) in [5.74, 6) is 0. The summed E-state index contributed by atoms with van der Waals surface area (Å²) in [5.41, 5.74) is 24.0. The second kappa shape index (κ2) is 10.6. The van der Waals surface area contributed by atoms with E-state index in [4.69, 9.17) is 41.9 Å². The Morgan fingerprint density at radius 1 is 0.727 bits per heavy atom. The van der Waals surface area contributed by atoms with Gasteiger partial charge in [0.15, 0.2) is 12.6 Å². The molecule has 0 bridgehead atoms. The van der Waals surface area contributed by atoms with Gasteiger partial charge in [0.1, 0.15) is 48.8 Å². The minimum atomic E-state index is -1.48. The Morgan fingerprint density at radius 2 is 1.27 bits per heavy atom. The Labute approximate surface area is 191 Å². The quantitative estimate of drug-likeness (QED) is 0.169. The van der Waals surface area contributed by atoms with E-state index in [9.17, 15) is 30.6 Å². The molecular formula is C19H38N4O10. The first-order valence-electron chi connectivity index (χ1n) is 11.1. The number of aliphatic hydroxyl groups excluding tert-OH is 6. The van der Waals surface area contributed by atoms with Crippen LogP contribution in [0.5, 0.6) is 0 Å². The Morgan fingerprint density at radius 3 is 1.82 bits per heavy atom. The lowest BCUT2D eigenvalue weighted by molar-refractivity contribution is -0.315. The van der Waals surface area contributed by atoms with E-state index in [-0.39, 0.29) is 6.42 Å². The molecule has 3 fully saturated rings. The van der Waals surface area contributed by atoms with Crippen molar-refractivity contribution >= 4 is 0 Å². The smallest absolute Gasteiger partial charge is 0.187 e. The first-order chi connectivity index (χ1) is 15.3. The van der Waals surface area contributed by atoms with Crippen molar-refractivity contribution in [3.63, 3.8) is 0 Å². The fourth-order valence-corrected chi connectivity index (χ4v) is 4.57. The Bertz CT molecular complexity index is 648. The van der Waals surface area contributed by atoms with Crippen LogP contribution in [0, 0.1) is 0 Å². The maximum atomic E-state index is 10.7. The van der Waals surface area contributed by atoms with Crippen molar-refractivity contribution in [1.82, 2.24) is 0 Å². The van der Waals surface area contributed by atoms with Gasteiger partial charge < -0.3 is 72.5 Å². The van der Waals surface area contributed by atoms with Crippen LogP contribution in [0.1, 0.15) is 20.3 Å². The lowest BCUT2D eigenvalue weighted by Gasteiger charge is -2.47. The van der Waals surface area contributed by atoms with Crippen molar-refractivity contribution in [1.29, 1.82) is 0 Å². The number of ether oxygens (including phenoxy) is 4. The summed E-state index contributed by atoms with van der Waals surface area (Å²) in [7, 11) is 0. The molecule has 8 unspecified atom stereocenters. The second-order valence-corrected chi connectivity index (χ2v) is 9.33. The van der Waals surface area contributed by atoms with Crippen LogP contribution >= 0.6 is 0 Å². The third-order valence-electron chi connectivity index (χ3n) is 6.58. The minimum absolute atomic E-state index is 0.137. The summed E-state index contributed by atoms with van der Waals surface area (Å²) in [4.78, 5) is 0. The van der Waals surface area contributed by atoms with Crippen LogP contribution < -0.4 is 22.9 Å². The van der Waals surface area contributed by atoms with Crippen molar-refractivity contribution in [2.24, 2.45) is 22.9 Å². The van der Waals surface area contributed by atoms with E-state index >= 15 is 0 Å². The molecule has 2 heterocycles. The summed E-state index contributed by atoms with van der Waals surface area (Å²) in [6.45, 7) is 2.96. The van der Waals surface area contributed by atoms with Gasteiger partial charge in [-0.2, -0.15) is 0 Å². The van der Waals surface area contributed by atoms with Gasteiger partial charge in [-0.3, -0.25) is 0 Å². The van der Waals surface area contributed by atoms with Crippen molar-refractivity contribution < 1.29 is 49.6 Å². The minimum Gasteiger partial charge on any atom is -0.391 e. The van der Waals surface area contributed by atoms with Gasteiger partial charge in [-0.25, -0.2) is 0 Å². The monoisotopic (exact) mass is 482 g/mol. The maximum Gasteiger partial charge on any atom is 0.187 e. The molecule has 0 radical (unpaired) electrons. The highest BCUT2D eigenvalue weighted by Crippen LogP contribution is 2.32. The highest BCUT2D eigenvalue weighted by atomic mass is 16.7. The summed E-state index contributed by atoms with van der Waals surface area (Å²) >= 11 is 0. The van der Waals surface area contributed by atoms with E-state index in [0.29, 0.717) is 0 Å². The van der Waals surface area contributed by atoms with E-state index in [0.717, 1.165) is 0 Å². The lowest BCUT2D eigenvalue weighted by Crippen LogP contribution is -2.68. The number of hydrogen-bond acceptors (Lipinski definition) is 14. The molecule has 2 saturated heterocycles. The van der Waals surface area contributed by atoms with E-state index in [1.165, 1.54) is 6.92 Å². The highest BCUT2D eigenvalue weighted by Gasteiger charge is 2.52.